The van der Waals surface area contributed by atoms with Crippen molar-refractivity contribution in [2.45, 2.75) is 20.3 Å². The van der Waals surface area contributed by atoms with Gasteiger partial charge < -0.3 is 0 Å². The SMILES string of the molecule is Cc1nn(C)c(CC(=O)c2cccc(Cl)c2C)c1Cl. The van der Waals surface area contributed by atoms with Crippen molar-refractivity contribution in [3.63, 3.8) is 0 Å². The molecule has 0 fully saturated rings. The first-order valence-electron chi connectivity index (χ1n) is 5.88. The maximum Gasteiger partial charge on any atom is 0.169 e. The van der Waals surface area contributed by atoms with Gasteiger partial charge in [0.1, 0.15) is 0 Å². The van der Waals surface area contributed by atoms with E-state index in [0.29, 0.717) is 15.6 Å². The highest BCUT2D eigenvalue weighted by Crippen LogP contribution is 2.24. The van der Waals surface area contributed by atoms with Crippen LogP contribution >= 0.6 is 23.2 Å². The topological polar surface area (TPSA) is 34.9 Å². The Morgan fingerprint density at radius 2 is 2.00 bits per heavy atom. The number of nitrogens with zero attached hydrogens (tertiary/aromatic N) is 2. The second-order valence-electron chi connectivity index (χ2n) is 4.48. The molecule has 2 rings (SSSR count). The summed E-state index contributed by atoms with van der Waals surface area (Å²) in [7, 11) is 1.78. The van der Waals surface area contributed by atoms with E-state index >= 15 is 0 Å². The summed E-state index contributed by atoms with van der Waals surface area (Å²) >= 11 is 12.2. The standard InChI is InChI=1S/C14H14Cl2N2O/c1-8-10(5-4-6-11(8)15)13(19)7-12-14(16)9(2)17-18(12)3/h4-6H,7H2,1-3H3. The lowest BCUT2D eigenvalue weighted by atomic mass is 10.0. The van der Waals surface area contributed by atoms with Crippen molar-refractivity contribution in [2.24, 2.45) is 7.05 Å². The fraction of sp³-hybridized carbons (Fsp3) is 0.286. The number of ketones is 1. The number of aryl methyl sites for hydroxylation is 2. The zero-order valence-corrected chi connectivity index (χ0v) is 12.5. The molecule has 5 heteroatoms. The molecule has 100 valence electrons. The number of hydrogen-bond acceptors (Lipinski definition) is 2. The third-order valence-corrected chi connectivity index (χ3v) is 4.06. The van der Waals surface area contributed by atoms with Gasteiger partial charge in [-0.3, -0.25) is 9.48 Å². The molecule has 1 aromatic carbocycles. The molecule has 0 saturated carbocycles. The number of carbonyl (C=O) groups excluding carboxylic acids is 1. The van der Waals surface area contributed by atoms with Crippen LogP contribution in [0.25, 0.3) is 0 Å². The van der Waals surface area contributed by atoms with Crippen LogP contribution in [0.5, 0.6) is 0 Å². The first-order valence-corrected chi connectivity index (χ1v) is 6.63. The van der Waals surface area contributed by atoms with Crippen LogP contribution in [-0.4, -0.2) is 15.6 Å². The molecule has 0 radical (unpaired) electrons. The molecular formula is C14H14Cl2N2O. The van der Waals surface area contributed by atoms with Crippen molar-refractivity contribution < 1.29 is 4.79 Å². The Kier molecular flexibility index (Phi) is 3.97. The van der Waals surface area contributed by atoms with Gasteiger partial charge in [0.2, 0.25) is 0 Å². The largest absolute Gasteiger partial charge is 0.294 e. The van der Waals surface area contributed by atoms with E-state index in [0.717, 1.165) is 17.0 Å². The van der Waals surface area contributed by atoms with Gasteiger partial charge in [-0.05, 0) is 25.5 Å². The van der Waals surface area contributed by atoms with Crippen molar-refractivity contribution in [3.05, 3.63) is 50.8 Å². The summed E-state index contributed by atoms with van der Waals surface area (Å²) < 4.78 is 1.65. The van der Waals surface area contributed by atoms with E-state index in [1.54, 1.807) is 29.9 Å². The molecule has 0 spiro atoms. The van der Waals surface area contributed by atoms with Crippen LogP contribution in [0, 0.1) is 13.8 Å². The van der Waals surface area contributed by atoms with E-state index in [4.69, 9.17) is 23.2 Å². The van der Waals surface area contributed by atoms with Gasteiger partial charge in [0.25, 0.3) is 0 Å². The summed E-state index contributed by atoms with van der Waals surface area (Å²) in [6.45, 7) is 3.66. The van der Waals surface area contributed by atoms with Crippen molar-refractivity contribution in [3.8, 4) is 0 Å². The second-order valence-corrected chi connectivity index (χ2v) is 5.27. The third kappa shape index (κ3) is 2.67. The second kappa shape index (κ2) is 5.35. The summed E-state index contributed by atoms with van der Waals surface area (Å²) in [5.74, 6) is -0.00935. The van der Waals surface area contributed by atoms with Gasteiger partial charge in [-0.15, -0.1) is 0 Å². The highest BCUT2D eigenvalue weighted by molar-refractivity contribution is 6.32. The molecule has 0 aliphatic carbocycles. The predicted molar refractivity (Wildman–Crippen MR) is 77.2 cm³/mol. The van der Waals surface area contributed by atoms with Crippen LogP contribution in [0.3, 0.4) is 0 Å². The number of carbonyl (C=O) groups is 1. The van der Waals surface area contributed by atoms with Crippen LogP contribution in [0.1, 0.15) is 27.3 Å². The van der Waals surface area contributed by atoms with E-state index in [9.17, 15) is 4.79 Å². The number of Topliss-reactive ketones (excluding diaryl/α,β-unsaturated/α-hetero) is 1. The van der Waals surface area contributed by atoms with Gasteiger partial charge >= 0.3 is 0 Å². The third-order valence-electron chi connectivity index (χ3n) is 3.16. The summed E-state index contributed by atoms with van der Waals surface area (Å²) in [6.07, 6.45) is 0.220. The normalized spacial score (nSPS) is 10.8. The van der Waals surface area contributed by atoms with E-state index in [1.807, 2.05) is 13.8 Å². The zero-order chi connectivity index (χ0) is 14.2. The molecule has 0 atom stereocenters. The Hall–Kier alpha value is -1.32. The Bertz CT molecular complexity index is 647. The van der Waals surface area contributed by atoms with Gasteiger partial charge in [-0.1, -0.05) is 35.3 Å². The lowest BCUT2D eigenvalue weighted by Gasteiger charge is -2.07. The summed E-state index contributed by atoms with van der Waals surface area (Å²) in [5, 5.41) is 5.35. The summed E-state index contributed by atoms with van der Waals surface area (Å²) in [4.78, 5) is 12.3. The minimum Gasteiger partial charge on any atom is -0.294 e. The lowest BCUT2D eigenvalue weighted by molar-refractivity contribution is 0.0990. The van der Waals surface area contributed by atoms with Gasteiger partial charge in [-0.25, -0.2) is 0 Å². The average molecular weight is 297 g/mol. The maximum absolute atomic E-state index is 12.3. The van der Waals surface area contributed by atoms with Crippen molar-refractivity contribution in [1.82, 2.24) is 9.78 Å². The molecule has 1 aromatic heterocycles. The van der Waals surface area contributed by atoms with E-state index in [2.05, 4.69) is 5.10 Å². The van der Waals surface area contributed by atoms with E-state index in [-0.39, 0.29) is 12.2 Å². The number of aromatic nitrogens is 2. The van der Waals surface area contributed by atoms with Crippen molar-refractivity contribution >= 4 is 29.0 Å². The monoisotopic (exact) mass is 296 g/mol. The van der Waals surface area contributed by atoms with Gasteiger partial charge in [0, 0.05) is 17.6 Å². The maximum atomic E-state index is 12.3. The molecule has 19 heavy (non-hydrogen) atoms. The van der Waals surface area contributed by atoms with Crippen molar-refractivity contribution in [1.29, 1.82) is 0 Å². The fourth-order valence-corrected chi connectivity index (χ4v) is 2.43. The molecule has 1 heterocycles. The highest BCUT2D eigenvalue weighted by Gasteiger charge is 2.17. The molecule has 0 unspecified atom stereocenters. The quantitative estimate of drug-likeness (QED) is 0.808. The molecular weight excluding hydrogens is 283 g/mol. The molecule has 0 aliphatic heterocycles. The first-order chi connectivity index (χ1) is 8.91. The van der Waals surface area contributed by atoms with Crippen molar-refractivity contribution in [2.75, 3.05) is 0 Å². The van der Waals surface area contributed by atoms with Gasteiger partial charge in [0.15, 0.2) is 5.78 Å². The Balaban J connectivity index is 2.34. The summed E-state index contributed by atoms with van der Waals surface area (Å²) in [6, 6.07) is 5.33. The Morgan fingerprint density at radius 3 is 2.58 bits per heavy atom. The minimum atomic E-state index is -0.00935. The molecule has 0 N–H and O–H groups in total. The molecule has 0 bridgehead atoms. The van der Waals surface area contributed by atoms with Crippen LogP contribution < -0.4 is 0 Å². The number of benzene rings is 1. The average Bonchev–Trinajstić information content (AvgIpc) is 2.59. The Morgan fingerprint density at radius 1 is 1.32 bits per heavy atom. The number of rotatable bonds is 3. The van der Waals surface area contributed by atoms with Crippen LogP contribution in [0.15, 0.2) is 18.2 Å². The van der Waals surface area contributed by atoms with E-state index < -0.39 is 0 Å². The van der Waals surface area contributed by atoms with Crippen LogP contribution in [0.4, 0.5) is 0 Å². The fourth-order valence-electron chi connectivity index (χ4n) is 2.03. The minimum absolute atomic E-state index is 0.00935. The Labute approximate surface area is 122 Å². The first kappa shape index (κ1) is 14.1. The van der Waals surface area contributed by atoms with Crippen LogP contribution in [0.2, 0.25) is 10.0 Å². The zero-order valence-electron chi connectivity index (χ0n) is 11.0. The molecule has 3 nitrogen and oxygen atoms in total. The smallest absolute Gasteiger partial charge is 0.169 e. The van der Waals surface area contributed by atoms with Crippen LogP contribution in [-0.2, 0) is 13.5 Å². The molecule has 0 aliphatic rings. The van der Waals surface area contributed by atoms with E-state index in [1.165, 1.54) is 0 Å². The lowest BCUT2D eigenvalue weighted by Crippen LogP contribution is -2.09. The van der Waals surface area contributed by atoms with Gasteiger partial charge in [0.05, 0.1) is 22.8 Å². The number of halogens is 2. The summed E-state index contributed by atoms with van der Waals surface area (Å²) in [5.41, 5.74) is 2.88. The number of hydrogen-bond donors (Lipinski definition) is 0. The molecule has 2 aromatic rings. The highest BCUT2D eigenvalue weighted by atomic mass is 35.5. The predicted octanol–water partition coefficient (Wildman–Crippen LogP) is 3.77. The molecule has 0 amide bonds. The van der Waals surface area contributed by atoms with Gasteiger partial charge in [-0.2, -0.15) is 5.10 Å². The molecule has 0 saturated heterocycles.